The second-order valence-electron chi connectivity index (χ2n) is 5.29. The lowest BCUT2D eigenvalue weighted by Gasteiger charge is -2.12. The number of sulfonamides is 1. The fourth-order valence-corrected chi connectivity index (χ4v) is 3.54. The lowest BCUT2D eigenvalue weighted by molar-refractivity contribution is -0.115. The van der Waals surface area contributed by atoms with Crippen LogP contribution in [-0.2, 0) is 20.6 Å². The molecule has 0 unspecified atom stereocenters. The highest BCUT2D eigenvalue weighted by Gasteiger charge is 2.16. The van der Waals surface area contributed by atoms with Crippen LogP contribution in [0.2, 0.25) is 5.02 Å². The van der Waals surface area contributed by atoms with Crippen LogP contribution >= 0.6 is 11.6 Å². The predicted octanol–water partition coefficient (Wildman–Crippen LogP) is 2.42. The van der Waals surface area contributed by atoms with E-state index in [1.807, 2.05) is 0 Å². The van der Waals surface area contributed by atoms with E-state index < -0.39 is 22.5 Å². The van der Waals surface area contributed by atoms with Crippen molar-refractivity contribution in [3.63, 3.8) is 0 Å². The van der Waals surface area contributed by atoms with Gasteiger partial charge in [0.1, 0.15) is 11.5 Å². The van der Waals surface area contributed by atoms with Crippen molar-refractivity contribution in [3.8, 4) is 11.5 Å². The van der Waals surface area contributed by atoms with Gasteiger partial charge in [-0.25, -0.2) is 13.1 Å². The summed E-state index contributed by atoms with van der Waals surface area (Å²) in [6, 6.07) is 11.5. The van der Waals surface area contributed by atoms with E-state index in [0.717, 1.165) is 0 Å². The second-order valence-corrected chi connectivity index (χ2v) is 7.50. The molecule has 26 heavy (non-hydrogen) atoms. The van der Waals surface area contributed by atoms with Gasteiger partial charge in [-0.05, 0) is 23.8 Å². The van der Waals surface area contributed by atoms with Crippen molar-refractivity contribution in [3.05, 3.63) is 53.1 Å². The predicted molar refractivity (Wildman–Crippen MR) is 100 cm³/mol. The summed E-state index contributed by atoms with van der Waals surface area (Å²) in [7, 11) is -0.748. The number of hydrogen-bond acceptors (Lipinski definition) is 5. The number of benzene rings is 2. The molecule has 7 nitrogen and oxygen atoms in total. The molecule has 1 amide bonds. The highest BCUT2D eigenvalue weighted by molar-refractivity contribution is 7.88. The topological polar surface area (TPSA) is 93.7 Å². The van der Waals surface area contributed by atoms with Crippen LogP contribution in [-0.4, -0.2) is 35.1 Å². The van der Waals surface area contributed by atoms with Crippen LogP contribution in [0.25, 0.3) is 0 Å². The van der Waals surface area contributed by atoms with E-state index in [0.29, 0.717) is 27.8 Å². The summed E-state index contributed by atoms with van der Waals surface area (Å²) in [5.74, 6) is 0.124. The first-order valence-electron chi connectivity index (χ1n) is 7.57. The van der Waals surface area contributed by atoms with Crippen molar-refractivity contribution in [2.45, 2.75) is 5.75 Å². The number of nitrogens with one attached hydrogen (secondary N) is 2. The maximum atomic E-state index is 12.1. The molecular weight excluding hydrogens is 380 g/mol. The zero-order chi connectivity index (χ0) is 19.2. The molecule has 0 aliphatic heterocycles. The van der Waals surface area contributed by atoms with Crippen molar-refractivity contribution >= 4 is 33.2 Å². The normalized spacial score (nSPS) is 11.0. The Labute approximate surface area is 157 Å². The maximum absolute atomic E-state index is 12.1. The minimum Gasteiger partial charge on any atom is -0.497 e. The first kappa shape index (κ1) is 20.0. The first-order chi connectivity index (χ1) is 12.3. The SMILES string of the molecule is COc1ccc(NC(=O)CNS(=O)(=O)Cc2ccccc2Cl)c(OC)c1. The Bertz CT molecular complexity index is 886. The van der Waals surface area contributed by atoms with Crippen molar-refractivity contribution in [2.24, 2.45) is 0 Å². The van der Waals surface area contributed by atoms with Gasteiger partial charge >= 0.3 is 0 Å². The molecule has 0 radical (unpaired) electrons. The molecule has 2 aromatic rings. The number of amides is 1. The molecule has 2 N–H and O–H groups in total. The molecular formula is C17H19ClN2O5S. The van der Waals surface area contributed by atoms with Gasteiger partial charge < -0.3 is 14.8 Å². The van der Waals surface area contributed by atoms with Crippen LogP contribution in [0.5, 0.6) is 11.5 Å². The number of rotatable bonds is 8. The number of carbonyl (C=O) groups excluding carboxylic acids is 1. The molecule has 0 heterocycles. The van der Waals surface area contributed by atoms with Crippen LogP contribution in [0.1, 0.15) is 5.56 Å². The molecule has 9 heteroatoms. The minimum absolute atomic E-state index is 0.314. The number of ether oxygens (including phenoxy) is 2. The van der Waals surface area contributed by atoms with Crippen LogP contribution in [0.15, 0.2) is 42.5 Å². The molecule has 0 aromatic heterocycles. The molecule has 0 aliphatic rings. The Morgan fingerprint density at radius 1 is 1.12 bits per heavy atom. The Morgan fingerprint density at radius 3 is 2.50 bits per heavy atom. The van der Waals surface area contributed by atoms with Crippen molar-refractivity contribution < 1.29 is 22.7 Å². The summed E-state index contributed by atoms with van der Waals surface area (Å²) in [6.45, 7) is -0.415. The van der Waals surface area contributed by atoms with E-state index in [9.17, 15) is 13.2 Å². The Hall–Kier alpha value is -2.29. The summed E-state index contributed by atoms with van der Waals surface area (Å²) in [6.07, 6.45) is 0. The number of hydrogen-bond donors (Lipinski definition) is 2. The number of carbonyl (C=O) groups is 1. The highest BCUT2D eigenvalue weighted by Crippen LogP contribution is 2.28. The highest BCUT2D eigenvalue weighted by atomic mass is 35.5. The average Bonchev–Trinajstić information content (AvgIpc) is 2.62. The second kappa shape index (κ2) is 8.88. The molecule has 2 aromatic carbocycles. The van der Waals surface area contributed by atoms with Gasteiger partial charge in [-0.1, -0.05) is 29.8 Å². The summed E-state index contributed by atoms with van der Waals surface area (Å²) in [5.41, 5.74) is 0.863. The van der Waals surface area contributed by atoms with E-state index in [1.54, 1.807) is 42.5 Å². The zero-order valence-corrected chi connectivity index (χ0v) is 15.9. The van der Waals surface area contributed by atoms with Crippen LogP contribution in [0, 0.1) is 0 Å². The minimum atomic E-state index is -3.72. The standard InChI is InChI=1S/C17H19ClN2O5S/c1-24-13-7-8-15(16(9-13)25-2)20-17(21)10-19-26(22,23)11-12-5-3-4-6-14(12)18/h3-9,19H,10-11H2,1-2H3,(H,20,21). The molecule has 0 atom stereocenters. The van der Waals surface area contributed by atoms with E-state index in [4.69, 9.17) is 21.1 Å². The van der Waals surface area contributed by atoms with E-state index in [1.165, 1.54) is 14.2 Å². The van der Waals surface area contributed by atoms with E-state index in [2.05, 4.69) is 10.0 Å². The van der Waals surface area contributed by atoms with Crippen LogP contribution in [0.3, 0.4) is 0 Å². The van der Waals surface area contributed by atoms with Gasteiger partial charge in [-0.2, -0.15) is 0 Å². The summed E-state index contributed by atoms with van der Waals surface area (Å²) >= 11 is 5.96. The van der Waals surface area contributed by atoms with Gasteiger partial charge in [0.05, 0.1) is 32.2 Å². The van der Waals surface area contributed by atoms with E-state index >= 15 is 0 Å². The van der Waals surface area contributed by atoms with Crippen LogP contribution in [0.4, 0.5) is 5.69 Å². The first-order valence-corrected chi connectivity index (χ1v) is 9.60. The molecule has 0 aliphatic carbocycles. The lowest BCUT2D eigenvalue weighted by Crippen LogP contribution is -2.33. The quantitative estimate of drug-likeness (QED) is 0.712. The number of anilines is 1. The van der Waals surface area contributed by atoms with Crippen molar-refractivity contribution in [2.75, 3.05) is 26.1 Å². The fourth-order valence-electron chi connectivity index (χ4n) is 2.14. The van der Waals surface area contributed by atoms with Crippen molar-refractivity contribution in [1.29, 1.82) is 0 Å². The monoisotopic (exact) mass is 398 g/mol. The van der Waals surface area contributed by atoms with Gasteiger partial charge in [-0.15, -0.1) is 0 Å². The third kappa shape index (κ3) is 5.62. The third-order valence-electron chi connectivity index (χ3n) is 3.44. The maximum Gasteiger partial charge on any atom is 0.239 e. The number of halogens is 1. The average molecular weight is 399 g/mol. The molecule has 0 bridgehead atoms. The van der Waals surface area contributed by atoms with Gasteiger partial charge in [0.15, 0.2) is 0 Å². The van der Waals surface area contributed by atoms with E-state index in [-0.39, 0.29) is 5.75 Å². The van der Waals surface area contributed by atoms with Crippen LogP contribution < -0.4 is 19.5 Å². The Kier molecular flexibility index (Phi) is 6.84. The Morgan fingerprint density at radius 2 is 1.85 bits per heavy atom. The molecule has 2 rings (SSSR count). The fraction of sp³-hybridized carbons (Fsp3) is 0.235. The molecule has 140 valence electrons. The van der Waals surface area contributed by atoms with Gasteiger partial charge in [0, 0.05) is 11.1 Å². The van der Waals surface area contributed by atoms with Crippen molar-refractivity contribution in [1.82, 2.24) is 4.72 Å². The van der Waals surface area contributed by atoms with Gasteiger partial charge in [0.2, 0.25) is 15.9 Å². The zero-order valence-electron chi connectivity index (χ0n) is 14.3. The molecule has 0 saturated heterocycles. The van der Waals surface area contributed by atoms with Gasteiger partial charge in [-0.3, -0.25) is 4.79 Å². The number of methoxy groups -OCH3 is 2. The summed E-state index contributed by atoms with van der Waals surface area (Å²) in [5, 5.41) is 2.94. The Balaban J connectivity index is 1.97. The molecule has 0 spiro atoms. The largest absolute Gasteiger partial charge is 0.497 e. The summed E-state index contributed by atoms with van der Waals surface area (Å²) < 4.78 is 36.8. The summed E-state index contributed by atoms with van der Waals surface area (Å²) in [4.78, 5) is 12.1. The molecule has 0 saturated carbocycles. The lowest BCUT2D eigenvalue weighted by atomic mass is 10.2. The molecule has 0 fully saturated rings. The smallest absolute Gasteiger partial charge is 0.239 e. The third-order valence-corrected chi connectivity index (χ3v) is 5.08. The van der Waals surface area contributed by atoms with Gasteiger partial charge in [0.25, 0.3) is 0 Å².